The second kappa shape index (κ2) is 5.34. The first-order chi connectivity index (χ1) is 7.57. The molecular weight excluding hydrogens is 215 g/mol. The van der Waals surface area contributed by atoms with Crippen molar-refractivity contribution in [3.8, 4) is 0 Å². The van der Waals surface area contributed by atoms with Crippen LogP contribution in [0.4, 0.5) is 13.2 Å². The average Bonchev–Trinajstić information content (AvgIpc) is 2.30. The van der Waals surface area contributed by atoms with E-state index in [2.05, 4.69) is 5.32 Å². The van der Waals surface area contributed by atoms with E-state index >= 15 is 0 Å². The van der Waals surface area contributed by atoms with Gasteiger partial charge in [0.1, 0.15) is 0 Å². The van der Waals surface area contributed by atoms with E-state index in [0.717, 1.165) is 30.2 Å². The number of alkyl halides is 3. The second-order valence-corrected chi connectivity index (χ2v) is 3.41. The summed E-state index contributed by atoms with van der Waals surface area (Å²) >= 11 is 0. The number of benzene rings is 1. The Morgan fingerprint density at radius 1 is 1.12 bits per heavy atom. The summed E-state index contributed by atoms with van der Waals surface area (Å²) in [4.78, 5) is 0. The molecule has 0 saturated heterocycles. The Labute approximate surface area is 93.7 Å². The van der Waals surface area contributed by atoms with Crippen LogP contribution in [0.25, 0.3) is 0 Å². The molecule has 0 bridgehead atoms. The lowest BCUT2D eigenvalue weighted by Crippen LogP contribution is -2.24. The Balaban J connectivity index is 0.000000606. The van der Waals surface area contributed by atoms with Crippen LogP contribution < -0.4 is 5.32 Å². The summed E-state index contributed by atoms with van der Waals surface area (Å²) in [7, 11) is 0. The molecule has 1 nitrogen and oxygen atoms in total. The number of nitrogens with one attached hydrogen (secondary N) is 1. The molecular formula is C12H16F3N. The Kier molecular flexibility index (Phi) is 4.35. The molecule has 0 radical (unpaired) electrons. The topological polar surface area (TPSA) is 12.0 Å². The van der Waals surface area contributed by atoms with Gasteiger partial charge in [-0.2, -0.15) is 13.2 Å². The molecule has 1 aromatic carbocycles. The van der Waals surface area contributed by atoms with Crippen LogP contribution in [0, 0.1) is 0 Å². The van der Waals surface area contributed by atoms with Gasteiger partial charge in [-0.05, 0) is 36.2 Å². The van der Waals surface area contributed by atoms with Crippen LogP contribution in [-0.2, 0) is 19.1 Å². The lowest BCUT2D eigenvalue weighted by atomic mass is 9.98. The van der Waals surface area contributed by atoms with Crippen molar-refractivity contribution < 1.29 is 13.2 Å². The maximum absolute atomic E-state index is 12.3. The minimum Gasteiger partial charge on any atom is -0.312 e. The van der Waals surface area contributed by atoms with Crippen LogP contribution in [0.2, 0.25) is 0 Å². The second-order valence-electron chi connectivity index (χ2n) is 3.41. The molecule has 0 aliphatic carbocycles. The summed E-state index contributed by atoms with van der Waals surface area (Å²) in [6, 6.07) is 3.98. The van der Waals surface area contributed by atoms with Crippen molar-refractivity contribution in [2.75, 3.05) is 6.54 Å². The van der Waals surface area contributed by atoms with Gasteiger partial charge in [0, 0.05) is 6.54 Å². The SMILES string of the molecule is CC.FC(F)(F)c1ccc2c(c1)CNCC2. The molecule has 1 aromatic rings. The zero-order valence-electron chi connectivity index (χ0n) is 9.49. The summed E-state index contributed by atoms with van der Waals surface area (Å²) < 4.78 is 37.0. The fourth-order valence-electron chi connectivity index (χ4n) is 1.66. The molecule has 0 fully saturated rings. The third kappa shape index (κ3) is 2.98. The summed E-state index contributed by atoms with van der Waals surface area (Å²) in [5, 5.41) is 3.05. The number of hydrogen-bond acceptors (Lipinski definition) is 1. The van der Waals surface area contributed by atoms with E-state index in [9.17, 15) is 13.2 Å². The maximum atomic E-state index is 12.3. The van der Waals surface area contributed by atoms with E-state index in [1.165, 1.54) is 6.07 Å². The van der Waals surface area contributed by atoms with Crippen LogP contribution in [0.5, 0.6) is 0 Å². The molecule has 1 heterocycles. The Hall–Kier alpha value is -1.03. The maximum Gasteiger partial charge on any atom is 0.416 e. The number of halogens is 3. The molecule has 0 atom stereocenters. The van der Waals surface area contributed by atoms with Gasteiger partial charge in [-0.3, -0.25) is 0 Å². The van der Waals surface area contributed by atoms with Gasteiger partial charge in [-0.25, -0.2) is 0 Å². The van der Waals surface area contributed by atoms with Gasteiger partial charge in [-0.15, -0.1) is 0 Å². The fraction of sp³-hybridized carbons (Fsp3) is 0.500. The smallest absolute Gasteiger partial charge is 0.312 e. The zero-order chi connectivity index (χ0) is 12.2. The van der Waals surface area contributed by atoms with Gasteiger partial charge >= 0.3 is 6.18 Å². The Morgan fingerprint density at radius 3 is 2.44 bits per heavy atom. The quantitative estimate of drug-likeness (QED) is 0.721. The lowest BCUT2D eigenvalue weighted by Gasteiger charge is -2.18. The lowest BCUT2D eigenvalue weighted by molar-refractivity contribution is -0.137. The van der Waals surface area contributed by atoms with Crippen LogP contribution >= 0.6 is 0 Å². The molecule has 0 aromatic heterocycles. The third-order valence-corrected chi connectivity index (χ3v) is 2.42. The van der Waals surface area contributed by atoms with E-state index in [-0.39, 0.29) is 0 Å². The molecule has 1 aliphatic heterocycles. The van der Waals surface area contributed by atoms with Gasteiger partial charge in [0.05, 0.1) is 5.56 Å². The standard InChI is InChI=1S/C10H10F3N.C2H6/c11-10(12,13)9-2-1-7-3-4-14-6-8(7)5-9;1-2/h1-2,5,14H,3-4,6H2;1-2H3. The summed E-state index contributed by atoms with van der Waals surface area (Å²) in [6.07, 6.45) is -3.42. The largest absolute Gasteiger partial charge is 0.416 e. The molecule has 2 rings (SSSR count). The van der Waals surface area contributed by atoms with Gasteiger partial charge in [-0.1, -0.05) is 19.9 Å². The van der Waals surface area contributed by atoms with E-state index in [0.29, 0.717) is 6.54 Å². The van der Waals surface area contributed by atoms with Crippen molar-refractivity contribution in [1.82, 2.24) is 5.32 Å². The molecule has 16 heavy (non-hydrogen) atoms. The van der Waals surface area contributed by atoms with Crippen molar-refractivity contribution in [3.63, 3.8) is 0 Å². The first kappa shape index (κ1) is 13.0. The van der Waals surface area contributed by atoms with Gasteiger partial charge < -0.3 is 5.32 Å². The highest BCUT2D eigenvalue weighted by Gasteiger charge is 2.31. The average molecular weight is 231 g/mol. The van der Waals surface area contributed by atoms with Gasteiger partial charge in [0.2, 0.25) is 0 Å². The molecule has 1 N–H and O–H groups in total. The van der Waals surface area contributed by atoms with Crippen molar-refractivity contribution in [2.45, 2.75) is 33.0 Å². The Bertz CT molecular complexity index is 345. The summed E-state index contributed by atoms with van der Waals surface area (Å²) in [6.45, 7) is 5.39. The van der Waals surface area contributed by atoms with Crippen LogP contribution in [0.3, 0.4) is 0 Å². The van der Waals surface area contributed by atoms with Crippen LogP contribution in [0.15, 0.2) is 18.2 Å². The predicted octanol–water partition coefficient (Wildman–Crippen LogP) is 3.38. The van der Waals surface area contributed by atoms with E-state index in [1.807, 2.05) is 13.8 Å². The minimum atomic E-state index is -4.23. The van der Waals surface area contributed by atoms with Crippen LogP contribution in [-0.4, -0.2) is 6.54 Å². The van der Waals surface area contributed by atoms with Gasteiger partial charge in [0.15, 0.2) is 0 Å². The molecule has 0 spiro atoms. The molecule has 0 amide bonds. The van der Waals surface area contributed by atoms with Gasteiger partial charge in [0.25, 0.3) is 0 Å². The van der Waals surface area contributed by atoms with Crippen LogP contribution in [0.1, 0.15) is 30.5 Å². The fourth-order valence-corrected chi connectivity index (χ4v) is 1.66. The highest BCUT2D eigenvalue weighted by atomic mass is 19.4. The summed E-state index contributed by atoms with van der Waals surface area (Å²) in [5.74, 6) is 0. The van der Waals surface area contributed by atoms with Crippen molar-refractivity contribution in [2.24, 2.45) is 0 Å². The van der Waals surface area contributed by atoms with Crippen molar-refractivity contribution in [1.29, 1.82) is 0 Å². The van der Waals surface area contributed by atoms with Crippen molar-refractivity contribution in [3.05, 3.63) is 34.9 Å². The van der Waals surface area contributed by atoms with E-state index in [4.69, 9.17) is 0 Å². The normalized spacial score (nSPS) is 14.8. The van der Waals surface area contributed by atoms with E-state index in [1.54, 1.807) is 6.07 Å². The molecule has 0 unspecified atom stereocenters. The monoisotopic (exact) mass is 231 g/mol. The van der Waals surface area contributed by atoms with E-state index < -0.39 is 11.7 Å². The molecule has 90 valence electrons. The zero-order valence-corrected chi connectivity index (χ0v) is 9.49. The number of fused-ring (bicyclic) bond motifs is 1. The third-order valence-electron chi connectivity index (χ3n) is 2.42. The molecule has 1 aliphatic rings. The first-order valence-corrected chi connectivity index (χ1v) is 5.47. The Morgan fingerprint density at radius 2 is 1.81 bits per heavy atom. The number of hydrogen-bond donors (Lipinski definition) is 1. The highest BCUT2D eigenvalue weighted by Crippen LogP contribution is 2.31. The number of rotatable bonds is 0. The first-order valence-electron chi connectivity index (χ1n) is 5.47. The molecule has 4 heteroatoms. The van der Waals surface area contributed by atoms with Crippen molar-refractivity contribution >= 4 is 0 Å². The highest BCUT2D eigenvalue weighted by molar-refractivity contribution is 5.34. The summed E-state index contributed by atoms with van der Waals surface area (Å²) in [5.41, 5.74) is 1.24. The minimum absolute atomic E-state index is 0.541. The molecule has 0 saturated carbocycles. The predicted molar refractivity (Wildman–Crippen MR) is 58.2 cm³/mol.